The summed E-state index contributed by atoms with van der Waals surface area (Å²) in [6.45, 7) is 3.71. The van der Waals surface area contributed by atoms with Gasteiger partial charge in [0.25, 0.3) is 0 Å². The number of nitrogens with zero attached hydrogens (tertiary/aromatic N) is 2. The molecular formula is C27H26FN3O2S. The molecule has 4 aromatic rings. The number of nitrogens with one attached hydrogen (secondary N) is 1. The van der Waals surface area contributed by atoms with Crippen molar-refractivity contribution in [3.63, 3.8) is 0 Å². The topological polar surface area (TPSA) is 75.1 Å². The molecule has 0 spiro atoms. The number of halogens is 1. The molecule has 2 atom stereocenters. The van der Waals surface area contributed by atoms with Crippen molar-refractivity contribution in [3.05, 3.63) is 83.3 Å². The molecule has 34 heavy (non-hydrogen) atoms. The van der Waals surface area contributed by atoms with E-state index in [2.05, 4.69) is 40.6 Å². The van der Waals surface area contributed by atoms with Gasteiger partial charge in [-0.3, -0.25) is 4.79 Å². The van der Waals surface area contributed by atoms with Crippen LogP contribution in [0.3, 0.4) is 0 Å². The summed E-state index contributed by atoms with van der Waals surface area (Å²) in [5.74, 6) is -1.21. The van der Waals surface area contributed by atoms with E-state index in [1.807, 2.05) is 25.1 Å². The van der Waals surface area contributed by atoms with Crippen LogP contribution in [-0.2, 0) is 10.2 Å². The van der Waals surface area contributed by atoms with Crippen LogP contribution in [0.4, 0.5) is 4.39 Å². The third-order valence-corrected chi connectivity index (χ3v) is 7.56. The summed E-state index contributed by atoms with van der Waals surface area (Å²) in [7, 11) is 0. The monoisotopic (exact) mass is 475 g/mol. The lowest BCUT2D eigenvalue weighted by Crippen LogP contribution is -2.31. The zero-order chi connectivity index (χ0) is 23.9. The second-order valence-electron chi connectivity index (χ2n) is 9.11. The van der Waals surface area contributed by atoms with Crippen molar-refractivity contribution in [2.24, 2.45) is 0 Å². The van der Waals surface area contributed by atoms with E-state index in [1.54, 1.807) is 13.0 Å². The first-order valence-corrected chi connectivity index (χ1v) is 12.3. The molecule has 1 fully saturated rings. The fourth-order valence-corrected chi connectivity index (χ4v) is 5.56. The van der Waals surface area contributed by atoms with E-state index in [4.69, 9.17) is 10.1 Å². The zero-order valence-corrected chi connectivity index (χ0v) is 19.9. The minimum absolute atomic E-state index is 0.0111. The van der Waals surface area contributed by atoms with Crippen LogP contribution in [0.5, 0.6) is 0 Å². The van der Waals surface area contributed by atoms with Gasteiger partial charge in [-0.2, -0.15) is 0 Å². The fourth-order valence-electron chi connectivity index (χ4n) is 4.59. The highest BCUT2D eigenvalue weighted by atomic mass is 32.1. The van der Waals surface area contributed by atoms with Crippen LogP contribution in [0.1, 0.15) is 56.0 Å². The van der Waals surface area contributed by atoms with E-state index in [-0.39, 0.29) is 29.7 Å². The molecule has 2 N–H and O–H groups in total. The summed E-state index contributed by atoms with van der Waals surface area (Å²) >= 11 is 1.41. The Labute approximate surface area is 201 Å². The molecule has 1 aliphatic rings. The number of hydrogen-bond acceptors (Lipinski definition) is 5. The van der Waals surface area contributed by atoms with Gasteiger partial charge in [-0.05, 0) is 62.1 Å². The standard InChI is InChI=1S/C27H26FN3O2S/c1-16(14-24(32)33)29-17(2)18-8-9-20(21(28)15-18)25-30-22-10-11-23(31-26(22)34-25)27(12-13-27)19-6-4-3-5-7-19/h3-11,15-17,29H,12-14H2,1-2H3,(H,32,33)/t16-,17+/m0/s1. The number of carbonyl (C=O) groups is 1. The molecule has 5 nitrogen and oxygen atoms in total. The molecule has 5 rings (SSSR count). The van der Waals surface area contributed by atoms with Gasteiger partial charge in [0.05, 0.1) is 12.1 Å². The van der Waals surface area contributed by atoms with Crippen LogP contribution in [0.25, 0.3) is 20.9 Å². The average molecular weight is 476 g/mol. The van der Waals surface area contributed by atoms with Crippen molar-refractivity contribution in [1.29, 1.82) is 0 Å². The minimum Gasteiger partial charge on any atom is -0.481 e. The summed E-state index contributed by atoms with van der Waals surface area (Å²) in [6.07, 6.45) is 2.17. The fraction of sp³-hybridized carbons (Fsp3) is 0.296. The molecule has 1 aliphatic carbocycles. The van der Waals surface area contributed by atoms with E-state index in [0.29, 0.717) is 10.6 Å². The molecule has 2 aromatic heterocycles. The number of thiazole rings is 1. The Bertz CT molecular complexity index is 1350. The highest BCUT2D eigenvalue weighted by Crippen LogP contribution is 2.53. The van der Waals surface area contributed by atoms with Gasteiger partial charge in [-0.15, -0.1) is 0 Å². The Balaban J connectivity index is 1.40. The maximum Gasteiger partial charge on any atom is 0.304 e. The van der Waals surface area contributed by atoms with Crippen LogP contribution in [0.15, 0.2) is 60.7 Å². The maximum absolute atomic E-state index is 15.1. The molecule has 0 radical (unpaired) electrons. The molecule has 7 heteroatoms. The first-order chi connectivity index (χ1) is 16.4. The Morgan fingerprint density at radius 2 is 1.88 bits per heavy atom. The van der Waals surface area contributed by atoms with Crippen molar-refractivity contribution in [3.8, 4) is 10.6 Å². The predicted molar refractivity (Wildman–Crippen MR) is 133 cm³/mol. The lowest BCUT2D eigenvalue weighted by molar-refractivity contribution is -0.137. The first-order valence-electron chi connectivity index (χ1n) is 11.5. The van der Waals surface area contributed by atoms with Gasteiger partial charge in [0.2, 0.25) is 0 Å². The Hall–Kier alpha value is -3.16. The first kappa shape index (κ1) is 22.6. The van der Waals surface area contributed by atoms with Gasteiger partial charge >= 0.3 is 5.97 Å². The second-order valence-corrected chi connectivity index (χ2v) is 10.1. The summed E-state index contributed by atoms with van der Waals surface area (Å²) in [4.78, 5) is 21.3. The minimum atomic E-state index is -0.863. The SMILES string of the molecule is C[C@@H](CC(=O)O)N[C@H](C)c1ccc(-c2nc3ccc(C4(c5ccccc5)CC4)nc3s2)c(F)c1. The van der Waals surface area contributed by atoms with Crippen molar-refractivity contribution in [2.75, 3.05) is 0 Å². The van der Waals surface area contributed by atoms with Gasteiger partial charge in [0, 0.05) is 23.1 Å². The summed E-state index contributed by atoms with van der Waals surface area (Å²) in [5.41, 5.74) is 4.30. The Morgan fingerprint density at radius 1 is 1.12 bits per heavy atom. The van der Waals surface area contributed by atoms with Crippen LogP contribution in [0.2, 0.25) is 0 Å². The van der Waals surface area contributed by atoms with Crippen molar-refractivity contribution >= 4 is 27.7 Å². The van der Waals surface area contributed by atoms with Gasteiger partial charge in [-0.1, -0.05) is 47.7 Å². The number of hydrogen-bond donors (Lipinski definition) is 2. The van der Waals surface area contributed by atoms with E-state index in [9.17, 15) is 4.79 Å². The molecule has 0 bridgehead atoms. The number of rotatable bonds is 8. The number of aliphatic carboxylic acids is 1. The third-order valence-electron chi connectivity index (χ3n) is 6.56. The summed E-state index contributed by atoms with van der Waals surface area (Å²) in [5, 5.41) is 12.8. The number of carboxylic acid groups (broad SMARTS) is 1. The van der Waals surface area contributed by atoms with Crippen molar-refractivity contribution < 1.29 is 14.3 Å². The van der Waals surface area contributed by atoms with Crippen molar-refractivity contribution in [1.82, 2.24) is 15.3 Å². The molecule has 174 valence electrons. The molecule has 1 saturated carbocycles. The quantitative estimate of drug-likeness (QED) is 0.322. The Morgan fingerprint density at radius 3 is 2.56 bits per heavy atom. The molecule has 0 saturated heterocycles. The maximum atomic E-state index is 15.1. The highest BCUT2D eigenvalue weighted by molar-refractivity contribution is 7.21. The van der Waals surface area contributed by atoms with Gasteiger partial charge < -0.3 is 10.4 Å². The number of pyridine rings is 1. The van der Waals surface area contributed by atoms with Crippen molar-refractivity contribution in [2.45, 2.75) is 50.6 Å². The lowest BCUT2D eigenvalue weighted by Gasteiger charge is -2.19. The largest absolute Gasteiger partial charge is 0.481 e. The van der Waals surface area contributed by atoms with Gasteiger partial charge in [-0.25, -0.2) is 14.4 Å². The van der Waals surface area contributed by atoms with Crippen LogP contribution >= 0.6 is 11.3 Å². The second kappa shape index (κ2) is 8.89. The zero-order valence-electron chi connectivity index (χ0n) is 19.1. The summed E-state index contributed by atoms with van der Waals surface area (Å²) < 4.78 is 15.1. The van der Waals surface area contributed by atoms with Gasteiger partial charge in [0.1, 0.15) is 21.2 Å². The highest BCUT2D eigenvalue weighted by Gasteiger charge is 2.47. The third kappa shape index (κ3) is 4.33. The molecule has 0 unspecified atom stereocenters. The molecule has 0 aliphatic heterocycles. The van der Waals surface area contributed by atoms with E-state index in [1.165, 1.54) is 23.0 Å². The molecule has 0 amide bonds. The molecule has 2 heterocycles. The summed E-state index contributed by atoms with van der Waals surface area (Å²) in [6, 6.07) is 19.2. The number of carboxylic acids is 1. The molecule has 2 aromatic carbocycles. The molecular weight excluding hydrogens is 449 g/mol. The van der Waals surface area contributed by atoms with E-state index >= 15 is 4.39 Å². The number of aromatic nitrogens is 2. The van der Waals surface area contributed by atoms with Crippen LogP contribution in [-0.4, -0.2) is 27.1 Å². The number of fused-ring (bicyclic) bond motifs is 1. The van der Waals surface area contributed by atoms with Crippen LogP contribution in [0, 0.1) is 5.82 Å². The van der Waals surface area contributed by atoms with E-state index in [0.717, 1.165) is 34.4 Å². The Kier molecular flexibility index (Phi) is 5.91. The predicted octanol–water partition coefficient (Wildman–Crippen LogP) is 6.09. The van der Waals surface area contributed by atoms with Crippen LogP contribution < -0.4 is 5.32 Å². The van der Waals surface area contributed by atoms with Gasteiger partial charge in [0.15, 0.2) is 0 Å². The van der Waals surface area contributed by atoms with E-state index < -0.39 is 5.97 Å². The normalized spacial score (nSPS) is 16.3. The average Bonchev–Trinajstić information content (AvgIpc) is 3.52. The smallest absolute Gasteiger partial charge is 0.304 e. The lowest BCUT2D eigenvalue weighted by atomic mass is 9.92. The number of benzene rings is 2.